The Kier molecular flexibility index (Phi) is 3.33. The molecule has 7 heteroatoms. The molecule has 0 amide bonds. The number of aryl methyl sites for hydroxylation is 1. The maximum Gasteiger partial charge on any atom is 0.280 e. The first-order chi connectivity index (χ1) is 14.0. The molecule has 0 radical (unpaired) electrons. The second-order valence-electron chi connectivity index (χ2n) is 8.32. The monoisotopic (exact) mass is 393 g/mol. The maximum absolute atomic E-state index is 15.8. The number of hydrogen-bond acceptors (Lipinski definition) is 4. The molecule has 0 spiro atoms. The van der Waals surface area contributed by atoms with E-state index in [0.29, 0.717) is 28.2 Å². The zero-order chi connectivity index (χ0) is 19.8. The highest BCUT2D eigenvalue weighted by molar-refractivity contribution is 5.84. The molecular formula is C22H24FN5O. The standard InChI is InChI=1S/C22H22FN5O.H2/c1-14-18-19(26-28(20(18)29)15-5-3-2-4-6-15)16-11-21(23)13-22(21,12-17(16)25-14)27-9-7-24-8-10-27;/h2-6,11-12,24,26H,7-10,13H2,1H3;1H. The number of para-hydroxylation sites is 1. The van der Waals surface area contributed by atoms with Crippen molar-refractivity contribution in [2.75, 3.05) is 26.2 Å². The third kappa shape index (κ3) is 2.22. The molecule has 6 rings (SSSR count). The number of aromatic amines is 1. The number of aromatic nitrogens is 3. The number of hydrogen-bond donors (Lipinski definition) is 2. The minimum Gasteiger partial charge on any atom is -0.314 e. The van der Waals surface area contributed by atoms with Crippen molar-refractivity contribution >= 4 is 23.1 Å². The van der Waals surface area contributed by atoms with Crippen LogP contribution in [0, 0.1) is 6.92 Å². The molecule has 2 unspecified atom stereocenters. The third-order valence-corrected chi connectivity index (χ3v) is 6.65. The minimum absolute atomic E-state index is 0. The van der Waals surface area contributed by atoms with Gasteiger partial charge in [-0.05, 0) is 31.2 Å². The van der Waals surface area contributed by atoms with E-state index in [4.69, 9.17) is 4.98 Å². The number of halogens is 1. The number of H-pyrrole nitrogens is 1. The van der Waals surface area contributed by atoms with Gasteiger partial charge in [0.1, 0.15) is 0 Å². The van der Waals surface area contributed by atoms with Crippen LogP contribution in [0.3, 0.4) is 0 Å². The summed E-state index contributed by atoms with van der Waals surface area (Å²) in [7, 11) is 0. The smallest absolute Gasteiger partial charge is 0.280 e. The summed E-state index contributed by atoms with van der Waals surface area (Å²) < 4.78 is 17.4. The topological polar surface area (TPSA) is 66.0 Å². The van der Waals surface area contributed by atoms with Crippen LogP contribution in [0.5, 0.6) is 0 Å². The Bertz CT molecular complexity index is 1330. The lowest BCUT2D eigenvalue weighted by atomic mass is 10.0. The van der Waals surface area contributed by atoms with Gasteiger partial charge in [-0.2, -0.15) is 0 Å². The molecule has 2 atom stereocenters. The van der Waals surface area contributed by atoms with E-state index in [1.807, 2.05) is 43.3 Å². The van der Waals surface area contributed by atoms with E-state index in [1.54, 1.807) is 6.08 Å². The number of alkyl halides is 1. The van der Waals surface area contributed by atoms with E-state index in [1.165, 1.54) is 4.68 Å². The molecule has 150 valence electrons. The normalized spacial score (nSPS) is 28.3. The van der Waals surface area contributed by atoms with Crippen molar-refractivity contribution < 1.29 is 5.82 Å². The molecule has 1 saturated carbocycles. The van der Waals surface area contributed by atoms with Crippen molar-refractivity contribution in [1.29, 1.82) is 0 Å². The van der Waals surface area contributed by atoms with Gasteiger partial charge in [0, 0.05) is 39.2 Å². The zero-order valence-electron chi connectivity index (χ0n) is 16.2. The van der Waals surface area contributed by atoms with E-state index in [2.05, 4.69) is 15.3 Å². The van der Waals surface area contributed by atoms with Gasteiger partial charge in [-0.3, -0.25) is 19.8 Å². The molecule has 0 bridgehead atoms. The Labute approximate surface area is 167 Å². The van der Waals surface area contributed by atoms with E-state index < -0.39 is 11.2 Å². The SMILES string of the molecule is Cc1nc2c(c3[nH]n(-c4ccccc4)c(=O)c13)=CC1(F)CC1(N1CCNCC1)C=2.[HH]. The number of pyridine rings is 1. The van der Waals surface area contributed by atoms with Gasteiger partial charge in [0.25, 0.3) is 5.56 Å². The van der Waals surface area contributed by atoms with E-state index >= 15 is 4.39 Å². The molecular weight excluding hydrogens is 369 g/mol. The van der Waals surface area contributed by atoms with Gasteiger partial charge in [0.05, 0.1) is 33.2 Å². The Hall–Kier alpha value is -2.77. The molecule has 1 aliphatic heterocycles. The van der Waals surface area contributed by atoms with Gasteiger partial charge in [-0.1, -0.05) is 18.2 Å². The van der Waals surface area contributed by atoms with Crippen LogP contribution >= 0.6 is 0 Å². The lowest BCUT2D eigenvalue weighted by molar-refractivity contribution is 0.158. The maximum atomic E-state index is 15.8. The molecule has 2 N–H and O–H groups in total. The van der Waals surface area contributed by atoms with Crippen LogP contribution in [0.25, 0.3) is 28.7 Å². The van der Waals surface area contributed by atoms with E-state index in [9.17, 15) is 4.79 Å². The van der Waals surface area contributed by atoms with Crippen molar-refractivity contribution in [2.45, 2.75) is 24.6 Å². The van der Waals surface area contributed by atoms with Crippen molar-refractivity contribution in [2.24, 2.45) is 0 Å². The Morgan fingerprint density at radius 2 is 1.93 bits per heavy atom. The van der Waals surface area contributed by atoms with Gasteiger partial charge >= 0.3 is 0 Å². The summed E-state index contributed by atoms with van der Waals surface area (Å²) in [6.07, 6.45) is 4.14. The number of nitrogens with zero attached hydrogens (tertiary/aromatic N) is 3. The minimum atomic E-state index is -1.41. The fourth-order valence-electron chi connectivity index (χ4n) is 5.09. The van der Waals surface area contributed by atoms with E-state index in [0.717, 1.165) is 37.2 Å². The Morgan fingerprint density at radius 1 is 1.17 bits per heavy atom. The van der Waals surface area contributed by atoms with Crippen molar-refractivity contribution in [3.63, 3.8) is 0 Å². The molecule has 1 saturated heterocycles. The molecule has 1 aromatic carbocycles. The molecule has 2 aromatic heterocycles. The summed E-state index contributed by atoms with van der Waals surface area (Å²) in [5.74, 6) is 0. The lowest BCUT2D eigenvalue weighted by Crippen LogP contribution is -2.54. The summed E-state index contributed by atoms with van der Waals surface area (Å²) >= 11 is 0. The average Bonchev–Trinajstić information content (AvgIpc) is 3.21. The van der Waals surface area contributed by atoms with Crippen molar-refractivity contribution in [1.82, 2.24) is 25.0 Å². The average molecular weight is 393 g/mol. The first-order valence-electron chi connectivity index (χ1n) is 10.1. The predicted molar refractivity (Wildman–Crippen MR) is 112 cm³/mol. The predicted octanol–water partition coefficient (Wildman–Crippen LogP) is 0.599. The number of fused-ring (bicyclic) bond motifs is 4. The van der Waals surface area contributed by atoms with E-state index in [-0.39, 0.29) is 6.99 Å². The lowest BCUT2D eigenvalue weighted by Gasteiger charge is -2.35. The van der Waals surface area contributed by atoms with Crippen LogP contribution in [0.2, 0.25) is 0 Å². The molecule has 3 heterocycles. The first-order valence-corrected chi connectivity index (χ1v) is 10.1. The number of nitrogens with one attached hydrogen (secondary N) is 2. The fourth-order valence-corrected chi connectivity index (χ4v) is 5.09. The third-order valence-electron chi connectivity index (χ3n) is 6.65. The summed E-state index contributed by atoms with van der Waals surface area (Å²) in [6, 6.07) is 9.42. The van der Waals surface area contributed by atoms with Crippen LogP contribution in [0.4, 0.5) is 4.39 Å². The molecule has 2 aliphatic carbocycles. The van der Waals surface area contributed by atoms with Gasteiger partial charge in [0.2, 0.25) is 0 Å². The molecule has 29 heavy (non-hydrogen) atoms. The summed E-state index contributed by atoms with van der Waals surface area (Å²) in [5, 5.41) is 8.54. The summed E-state index contributed by atoms with van der Waals surface area (Å²) in [5.41, 5.74) is -0.0877. The quantitative estimate of drug-likeness (QED) is 0.669. The zero-order valence-corrected chi connectivity index (χ0v) is 16.2. The highest BCUT2D eigenvalue weighted by atomic mass is 19.1. The van der Waals surface area contributed by atoms with Crippen LogP contribution in [-0.4, -0.2) is 57.1 Å². The second kappa shape index (κ2) is 5.64. The molecule has 6 nitrogen and oxygen atoms in total. The second-order valence-corrected chi connectivity index (χ2v) is 8.32. The van der Waals surface area contributed by atoms with Crippen molar-refractivity contribution in [3.8, 4) is 5.69 Å². The van der Waals surface area contributed by atoms with Crippen LogP contribution in [0.1, 0.15) is 13.5 Å². The van der Waals surface area contributed by atoms with Gasteiger partial charge in [-0.25, -0.2) is 9.07 Å². The number of benzene rings is 1. The molecule has 2 fully saturated rings. The Morgan fingerprint density at radius 3 is 2.69 bits per heavy atom. The number of piperazine rings is 1. The van der Waals surface area contributed by atoms with Gasteiger partial charge < -0.3 is 5.32 Å². The van der Waals surface area contributed by atoms with Crippen LogP contribution < -0.4 is 21.4 Å². The molecule has 3 aliphatic rings. The first kappa shape index (κ1) is 17.1. The Balaban J connectivity index is 0.00000193. The van der Waals surface area contributed by atoms with Gasteiger partial charge in [0.15, 0.2) is 5.67 Å². The summed E-state index contributed by atoms with van der Waals surface area (Å²) in [4.78, 5) is 20.0. The fraction of sp³-hybridized carbons (Fsp3) is 0.364. The highest BCUT2D eigenvalue weighted by Gasteiger charge is 2.70. The summed E-state index contributed by atoms with van der Waals surface area (Å²) in [6.45, 7) is 5.25. The number of rotatable bonds is 2. The van der Waals surface area contributed by atoms with Gasteiger partial charge in [-0.15, -0.1) is 0 Å². The largest absolute Gasteiger partial charge is 0.314 e. The highest BCUT2D eigenvalue weighted by Crippen LogP contribution is 2.58. The van der Waals surface area contributed by atoms with Crippen LogP contribution in [-0.2, 0) is 0 Å². The molecule has 3 aromatic rings. The van der Waals surface area contributed by atoms with Crippen molar-refractivity contribution in [3.05, 3.63) is 56.9 Å². The van der Waals surface area contributed by atoms with Crippen LogP contribution in [0.15, 0.2) is 35.1 Å².